The lowest BCUT2D eigenvalue weighted by molar-refractivity contribution is 0.0657. The first-order valence-electron chi connectivity index (χ1n) is 8.47. The summed E-state index contributed by atoms with van der Waals surface area (Å²) < 4.78 is 0. The summed E-state index contributed by atoms with van der Waals surface area (Å²) in [6, 6.07) is 28.9. The van der Waals surface area contributed by atoms with Gasteiger partial charge in [0.1, 0.15) is 6.10 Å². The summed E-state index contributed by atoms with van der Waals surface area (Å²) in [6.07, 6.45) is 0.0945. The highest BCUT2D eigenvalue weighted by Gasteiger charge is 2.53. The average Bonchev–Trinajstić information content (AvgIpc) is 3.02. The Hall–Kier alpha value is -3.09. The quantitative estimate of drug-likeness (QED) is 0.673. The molecule has 3 aromatic rings. The molecule has 1 heterocycles. The van der Waals surface area contributed by atoms with Crippen LogP contribution in [0.2, 0.25) is 0 Å². The van der Waals surface area contributed by atoms with Gasteiger partial charge in [0.25, 0.3) is 0 Å². The minimum atomic E-state index is 0.0945. The molecule has 120 valence electrons. The second-order valence-corrected chi connectivity index (χ2v) is 6.52. The van der Waals surface area contributed by atoms with Crippen LogP contribution in [0.5, 0.6) is 0 Å². The number of rotatable bonds is 2. The molecule has 1 saturated heterocycles. The van der Waals surface area contributed by atoms with Crippen LogP contribution in [0.15, 0.2) is 78.9 Å². The molecular weight excluding hydrogens is 308 g/mol. The standard InChI is InChI=1S/C22H16N2O/c23-14-15-10-12-16(13-11-15)21-20-18-8-4-5-9-19(18)22(20)25-24(21)17-6-2-1-3-7-17/h1-13,20-22H/t20-,21+,22-/m0/s1. The number of hydroxylamine groups is 1. The van der Waals surface area contributed by atoms with E-state index in [1.54, 1.807) is 0 Å². The molecule has 0 aromatic heterocycles. The van der Waals surface area contributed by atoms with E-state index in [-0.39, 0.29) is 12.1 Å². The van der Waals surface area contributed by atoms with Crippen molar-refractivity contribution in [1.29, 1.82) is 5.26 Å². The van der Waals surface area contributed by atoms with E-state index in [1.165, 1.54) is 16.7 Å². The number of nitriles is 1. The van der Waals surface area contributed by atoms with E-state index < -0.39 is 0 Å². The Morgan fingerprint density at radius 3 is 2.20 bits per heavy atom. The van der Waals surface area contributed by atoms with Gasteiger partial charge in [-0.2, -0.15) is 5.26 Å². The number of hydrogen-bond acceptors (Lipinski definition) is 3. The Kier molecular flexibility index (Phi) is 3.12. The second kappa shape index (κ2) is 5.47. The van der Waals surface area contributed by atoms with Crippen molar-refractivity contribution in [2.24, 2.45) is 0 Å². The van der Waals surface area contributed by atoms with Crippen molar-refractivity contribution >= 4 is 5.69 Å². The zero-order valence-corrected chi connectivity index (χ0v) is 13.5. The minimum absolute atomic E-state index is 0.0945. The zero-order chi connectivity index (χ0) is 16.8. The molecule has 5 rings (SSSR count). The van der Waals surface area contributed by atoms with Crippen molar-refractivity contribution in [1.82, 2.24) is 0 Å². The summed E-state index contributed by atoms with van der Waals surface area (Å²) in [5, 5.41) is 11.1. The van der Waals surface area contributed by atoms with Crippen LogP contribution < -0.4 is 5.06 Å². The predicted molar refractivity (Wildman–Crippen MR) is 95.8 cm³/mol. The van der Waals surface area contributed by atoms with Crippen molar-refractivity contribution in [3.8, 4) is 6.07 Å². The highest BCUT2D eigenvalue weighted by atomic mass is 16.7. The minimum Gasteiger partial charge on any atom is -0.264 e. The fourth-order valence-corrected chi connectivity index (χ4v) is 4.02. The molecule has 3 nitrogen and oxygen atoms in total. The van der Waals surface area contributed by atoms with E-state index in [4.69, 9.17) is 10.1 Å². The summed E-state index contributed by atoms with van der Waals surface area (Å²) >= 11 is 0. The van der Waals surface area contributed by atoms with E-state index in [9.17, 15) is 0 Å². The summed E-state index contributed by atoms with van der Waals surface area (Å²) in [4.78, 5) is 6.36. The van der Waals surface area contributed by atoms with Gasteiger partial charge in [0.05, 0.1) is 23.4 Å². The van der Waals surface area contributed by atoms with Crippen LogP contribution in [-0.4, -0.2) is 0 Å². The topological polar surface area (TPSA) is 36.3 Å². The van der Waals surface area contributed by atoms with E-state index in [0.29, 0.717) is 11.5 Å². The number of fused-ring (bicyclic) bond motifs is 4. The van der Waals surface area contributed by atoms with Gasteiger partial charge in [0.2, 0.25) is 0 Å². The second-order valence-electron chi connectivity index (χ2n) is 6.52. The fraction of sp³-hybridized carbons (Fsp3) is 0.136. The summed E-state index contributed by atoms with van der Waals surface area (Å²) in [7, 11) is 0. The predicted octanol–water partition coefficient (Wildman–Crippen LogP) is 4.89. The van der Waals surface area contributed by atoms with Crippen molar-refractivity contribution < 1.29 is 4.84 Å². The van der Waals surface area contributed by atoms with Gasteiger partial charge in [-0.25, -0.2) is 5.06 Å². The SMILES string of the molecule is N#Cc1ccc([C@@H]2[C@@H]3c4ccccc4[C@@H]3ON2c2ccccc2)cc1. The molecule has 0 N–H and O–H groups in total. The highest BCUT2D eigenvalue weighted by molar-refractivity contribution is 5.55. The van der Waals surface area contributed by atoms with Crippen molar-refractivity contribution in [2.45, 2.75) is 18.1 Å². The summed E-state index contributed by atoms with van der Waals surface area (Å²) in [5.74, 6) is 0.310. The molecule has 2 aliphatic rings. The molecule has 1 aliphatic heterocycles. The van der Waals surface area contributed by atoms with E-state index in [0.717, 1.165) is 5.69 Å². The van der Waals surface area contributed by atoms with Crippen LogP contribution in [0.25, 0.3) is 0 Å². The van der Waals surface area contributed by atoms with Crippen LogP contribution in [0.4, 0.5) is 5.69 Å². The first-order valence-corrected chi connectivity index (χ1v) is 8.47. The van der Waals surface area contributed by atoms with Crippen LogP contribution in [0.3, 0.4) is 0 Å². The van der Waals surface area contributed by atoms with Gasteiger partial charge >= 0.3 is 0 Å². The third kappa shape index (κ3) is 2.08. The molecule has 3 atom stereocenters. The highest BCUT2D eigenvalue weighted by Crippen LogP contribution is 2.61. The number of benzene rings is 3. The van der Waals surface area contributed by atoms with Crippen LogP contribution in [0, 0.1) is 11.3 Å². The van der Waals surface area contributed by atoms with Gasteiger partial charge < -0.3 is 0 Å². The Balaban J connectivity index is 1.61. The first-order chi connectivity index (χ1) is 12.4. The van der Waals surface area contributed by atoms with Gasteiger partial charge in [-0.05, 0) is 41.0 Å². The third-order valence-corrected chi connectivity index (χ3v) is 5.20. The molecule has 3 aromatic carbocycles. The summed E-state index contributed by atoms with van der Waals surface area (Å²) in [6.45, 7) is 0. The molecule has 1 fully saturated rings. The Morgan fingerprint density at radius 1 is 0.800 bits per heavy atom. The lowest BCUT2D eigenvalue weighted by atomic mass is 9.70. The largest absolute Gasteiger partial charge is 0.264 e. The number of hydrogen-bond donors (Lipinski definition) is 0. The molecule has 25 heavy (non-hydrogen) atoms. The summed E-state index contributed by atoms with van der Waals surface area (Å²) in [5.41, 5.74) is 5.55. The van der Waals surface area contributed by atoms with Gasteiger partial charge in [0, 0.05) is 5.92 Å². The molecule has 0 unspecified atom stereocenters. The van der Waals surface area contributed by atoms with E-state index in [2.05, 4.69) is 42.5 Å². The monoisotopic (exact) mass is 324 g/mol. The Labute approximate surface area is 146 Å². The molecular formula is C22H16N2O. The molecule has 0 spiro atoms. The van der Waals surface area contributed by atoms with E-state index in [1.807, 2.05) is 47.5 Å². The van der Waals surface area contributed by atoms with Gasteiger partial charge in [-0.3, -0.25) is 4.84 Å². The lowest BCUT2D eigenvalue weighted by Gasteiger charge is -2.34. The van der Waals surface area contributed by atoms with Gasteiger partial charge in [-0.15, -0.1) is 0 Å². The van der Waals surface area contributed by atoms with Crippen molar-refractivity contribution in [3.05, 3.63) is 101 Å². The lowest BCUT2D eigenvalue weighted by Crippen LogP contribution is -2.25. The molecule has 0 radical (unpaired) electrons. The van der Waals surface area contributed by atoms with Crippen LogP contribution in [0.1, 0.15) is 40.3 Å². The molecule has 3 heteroatoms. The first kappa shape index (κ1) is 14.3. The molecule has 0 amide bonds. The average molecular weight is 324 g/mol. The van der Waals surface area contributed by atoms with Crippen molar-refractivity contribution in [2.75, 3.05) is 5.06 Å². The third-order valence-electron chi connectivity index (χ3n) is 5.20. The van der Waals surface area contributed by atoms with Gasteiger partial charge in [0.15, 0.2) is 0 Å². The van der Waals surface area contributed by atoms with Crippen molar-refractivity contribution in [3.63, 3.8) is 0 Å². The van der Waals surface area contributed by atoms with Crippen LogP contribution >= 0.6 is 0 Å². The number of para-hydroxylation sites is 1. The fourth-order valence-electron chi connectivity index (χ4n) is 4.02. The normalized spacial score (nSPS) is 23.3. The smallest absolute Gasteiger partial charge is 0.120 e. The maximum absolute atomic E-state index is 9.07. The Bertz CT molecular complexity index is 959. The molecule has 1 aliphatic carbocycles. The Morgan fingerprint density at radius 2 is 1.48 bits per heavy atom. The molecule has 0 saturated carbocycles. The maximum atomic E-state index is 9.07. The van der Waals surface area contributed by atoms with Gasteiger partial charge in [-0.1, -0.05) is 54.6 Å². The zero-order valence-electron chi connectivity index (χ0n) is 13.5. The van der Waals surface area contributed by atoms with Crippen LogP contribution in [-0.2, 0) is 4.84 Å². The molecule has 0 bridgehead atoms. The number of anilines is 1. The maximum Gasteiger partial charge on any atom is 0.120 e. The number of nitrogens with zero attached hydrogens (tertiary/aromatic N) is 2. The van der Waals surface area contributed by atoms with E-state index >= 15 is 0 Å².